The van der Waals surface area contributed by atoms with Crippen molar-refractivity contribution in [3.05, 3.63) is 24.3 Å². The highest BCUT2D eigenvalue weighted by molar-refractivity contribution is 8.00. The number of rotatable bonds is 8. The van der Waals surface area contributed by atoms with Gasteiger partial charge in [-0.1, -0.05) is 13.8 Å². The zero-order valence-electron chi connectivity index (χ0n) is 12.5. The van der Waals surface area contributed by atoms with Crippen molar-refractivity contribution in [2.45, 2.75) is 31.2 Å². The summed E-state index contributed by atoms with van der Waals surface area (Å²) < 4.78 is 5.07. The lowest BCUT2D eigenvalue weighted by Crippen LogP contribution is -2.40. The predicted octanol–water partition coefficient (Wildman–Crippen LogP) is 2.40. The molecule has 0 aliphatic rings. The summed E-state index contributed by atoms with van der Waals surface area (Å²) in [6.45, 7) is 3.79. The molecule has 1 amide bonds. The minimum atomic E-state index is -0.906. The third kappa shape index (κ3) is 6.53. The fraction of sp³-hybridized carbons (Fsp3) is 0.467. The first-order valence-electron chi connectivity index (χ1n) is 6.70. The van der Waals surface area contributed by atoms with Crippen LogP contribution in [0.3, 0.4) is 0 Å². The summed E-state index contributed by atoms with van der Waals surface area (Å²) in [5.41, 5.74) is 0. The van der Waals surface area contributed by atoms with E-state index in [9.17, 15) is 9.59 Å². The smallest absolute Gasteiger partial charge is 0.305 e. The molecule has 0 radical (unpaired) electrons. The summed E-state index contributed by atoms with van der Waals surface area (Å²) in [5.74, 6) is 0.0450. The van der Waals surface area contributed by atoms with Gasteiger partial charge < -0.3 is 15.2 Å². The van der Waals surface area contributed by atoms with Crippen LogP contribution in [-0.2, 0) is 9.59 Å². The SMILES string of the molecule is COc1ccc(SCC(=O)NC(CC(=O)O)C(C)C)cc1. The Balaban J connectivity index is 2.46. The number of carboxylic acid groups (broad SMARTS) is 1. The monoisotopic (exact) mass is 311 g/mol. The van der Waals surface area contributed by atoms with Gasteiger partial charge in [0.15, 0.2) is 0 Å². The molecule has 6 heteroatoms. The molecule has 0 fully saturated rings. The van der Waals surface area contributed by atoms with Gasteiger partial charge in [-0.25, -0.2) is 0 Å². The Hall–Kier alpha value is -1.69. The summed E-state index contributed by atoms with van der Waals surface area (Å²) in [7, 11) is 1.60. The molecule has 5 nitrogen and oxygen atoms in total. The Bertz CT molecular complexity index is 473. The molecule has 1 atom stereocenters. The maximum absolute atomic E-state index is 11.9. The molecule has 1 rings (SSSR count). The van der Waals surface area contributed by atoms with Gasteiger partial charge in [-0.3, -0.25) is 9.59 Å². The number of benzene rings is 1. The zero-order valence-corrected chi connectivity index (χ0v) is 13.3. The fourth-order valence-corrected chi connectivity index (χ4v) is 2.42. The number of carbonyl (C=O) groups excluding carboxylic acids is 1. The summed E-state index contributed by atoms with van der Waals surface area (Å²) in [6, 6.07) is 7.09. The molecule has 0 saturated heterocycles. The molecule has 0 aromatic heterocycles. The quantitative estimate of drug-likeness (QED) is 0.721. The highest BCUT2D eigenvalue weighted by Crippen LogP contribution is 2.21. The Morgan fingerprint density at radius 2 is 1.90 bits per heavy atom. The van der Waals surface area contributed by atoms with Crippen LogP contribution in [0.15, 0.2) is 29.2 Å². The molecule has 0 aliphatic heterocycles. The van der Waals surface area contributed by atoms with Crippen LogP contribution in [0, 0.1) is 5.92 Å². The number of thioether (sulfide) groups is 1. The Morgan fingerprint density at radius 3 is 2.38 bits per heavy atom. The molecular weight excluding hydrogens is 290 g/mol. The van der Waals surface area contributed by atoms with Gasteiger partial charge in [-0.05, 0) is 30.2 Å². The van der Waals surface area contributed by atoms with Crippen LogP contribution in [0.2, 0.25) is 0 Å². The zero-order chi connectivity index (χ0) is 15.8. The van der Waals surface area contributed by atoms with E-state index in [0.29, 0.717) is 0 Å². The Kier molecular flexibility index (Phi) is 7.08. The standard InChI is InChI=1S/C15H21NO4S/c1-10(2)13(8-15(18)19)16-14(17)9-21-12-6-4-11(20-3)5-7-12/h4-7,10,13H,8-9H2,1-3H3,(H,16,17)(H,18,19). The van der Waals surface area contributed by atoms with Crippen LogP contribution in [0.4, 0.5) is 0 Å². The van der Waals surface area contributed by atoms with Crippen molar-refractivity contribution in [2.75, 3.05) is 12.9 Å². The lowest BCUT2D eigenvalue weighted by Gasteiger charge is -2.20. The number of ether oxygens (including phenoxy) is 1. The fourth-order valence-electron chi connectivity index (χ4n) is 1.71. The summed E-state index contributed by atoms with van der Waals surface area (Å²) in [6.07, 6.45) is -0.0589. The first kappa shape index (κ1) is 17.4. The molecule has 116 valence electrons. The maximum Gasteiger partial charge on any atom is 0.305 e. The van der Waals surface area contributed by atoms with E-state index in [4.69, 9.17) is 9.84 Å². The Morgan fingerprint density at radius 1 is 1.29 bits per heavy atom. The minimum Gasteiger partial charge on any atom is -0.497 e. The summed E-state index contributed by atoms with van der Waals surface area (Å²) in [5, 5.41) is 11.6. The maximum atomic E-state index is 11.9. The highest BCUT2D eigenvalue weighted by Gasteiger charge is 2.19. The van der Waals surface area contributed by atoms with Crippen molar-refractivity contribution in [1.82, 2.24) is 5.32 Å². The third-order valence-electron chi connectivity index (χ3n) is 2.98. The van der Waals surface area contributed by atoms with E-state index in [1.165, 1.54) is 11.8 Å². The van der Waals surface area contributed by atoms with Gasteiger partial charge in [-0.2, -0.15) is 0 Å². The second-order valence-corrected chi connectivity index (χ2v) is 6.03. The molecule has 0 heterocycles. The third-order valence-corrected chi connectivity index (χ3v) is 3.99. The van der Waals surface area contributed by atoms with Crippen molar-refractivity contribution in [2.24, 2.45) is 5.92 Å². The molecule has 1 aromatic rings. The predicted molar refractivity (Wildman–Crippen MR) is 82.7 cm³/mol. The number of aliphatic carboxylic acids is 1. The largest absolute Gasteiger partial charge is 0.497 e. The number of hydrogen-bond donors (Lipinski definition) is 2. The number of carboxylic acids is 1. The number of nitrogens with one attached hydrogen (secondary N) is 1. The number of hydrogen-bond acceptors (Lipinski definition) is 4. The topological polar surface area (TPSA) is 75.6 Å². The molecule has 0 aliphatic carbocycles. The molecule has 2 N–H and O–H groups in total. The first-order valence-corrected chi connectivity index (χ1v) is 7.69. The van der Waals surface area contributed by atoms with Crippen LogP contribution >= 0.6 is 11.8 Å². The Labute approximate surface area is 129 Å². The summed E-state index contributed by atoms with van der Waals surface area (Å²) >= 11 is 1.41. The number of carbonyl (C=O) groups is 2. The molecule has 1 aromatic carbocycles. The normalized spacial score (nSPS) is 12.0. The average Bonchev–Trinajstić information content (AvgIpc) is 2.44. The van der Waals surface area contributed by atoms with Crippen molar-refractivity contribution in [3.63, 3.8) is 0 Å². The molecule has 0 spiro atoms. The van der Waals surface area contributed by atoms with Crippen LogP contribution < -0.4 is 10.1 Å². The first-order chi connectivity index (χ1) is 9.92. The van der Waals surface area contributed by atoms with Crippen LogP contribution in [0.1, 0.15) is 20.3 Å². The van der Waals surface area contributed by atoms with E-state index in [2.05, 4.69) is 5.32 Å². The second kappa shape index (κ2) is 8.56. The van der Waals surface area contributed by atoms with Gasteiger partial charge in [-0.15, -0.1) is 11.8 Å². The molecule has 0 bridgehead atoms. The molecule has 21 heavy (non-hydrogen) atoms. The van der Waals surface area contributed by atoms with Gasteiger partial charge in [0, 0.05) is 10.9 Å². The second-order valence-electron chi connectivity index (χ2n) is 4.98. The van der Waals surface area contributed by atoms with Crippen molar-refractivity contribution in [3.8, 4) is 5.75 Å². The number of methoxy groups -OCH3 is 1. The lowest BCUT2D eigenvalue weighted by molar-refractivity contribution is -0.138. The van der Waals surface area contributed by atoms with Crippen molar-refractivity contribution in [1.29, 1.82) is 0 Å². The van der Waals surface area contributed by atoms with Crippen molar-refractivity contribution < 1.29 is 19.4 Å². The highest BCUT2D eigenvalue weighted by atomic mass is 32.2. The van der Waals surface area contributed by atoms with Crippen LogP contribution in [-0.4, -0.2) is 35.9 Å². The van der Waals surface area contributed by atoms with Gasteiger partial charge in [0.2, 0.25) is 5.91 Å². The summed E-state index contributed by atoms with van der Waals surface area (Å²) in [4.78, 5) is 23.6. The number of amides is 1. The minimum absolute atomic E-state index is 0.0589. The van der Waals surface area contributed by atoms with E-state index in [0.717, 1.165) is 10.6 Å². The van der Waals surface area contributed by atoms with E-state index in [1.807, 2.05) is 38.1 Å². The van der Waals surface area contributed by atoms with E-state index in [-0.39, 0.29) is 30.0 Å². The van der Waals surface area contributed by atoms with Gasteiger partial charge in [0.05, 0.1) is 19.3 Å². The van der Waals surface area contributed by atoms with Gasteiger partial charge >= 0.3 is 5.97 Å². The van der Waals surface area contributed by atoms with Crippen LogP contribution in [0.25, 0.3) is 0 Å². The lowest BCUT2D eigenvalue weighted by atomic mass is 10.0. The van der Waals surface area contributed by atoms with Crippen molar-refractivity contribution >= 4 is 23.6 Å². The van der Waals surface area contributed by atoms with E-state index < -0.39 is 5.97 Å². The molecule has 0 saturated carbocycles. The van der Waals surface area contributed by atoms with E-state index >= 15 is 0 Å². The van der Waals surface area contributed by atoms with Crippen LogP contribution in [0.5, 0.6) is 5.75 Å². The van der Waals surface area contributed by atoms with E-state index in [1.54, 1.807) is 7.11 Å². The molecule has 1 unspecified atom stereocenters. The van der Waals surface area contributed by atoms with Gasteiger partial charge in [0.1, 0.15) is 5.75 Å². The average molecular weight is 311 g/mol. The molecular formula is C15H21NO4S. The van der Waals surface area contributed by atoms with Gasteiger partial charge in [0.25, 0.3) is 0 Å².